The summed E-state index contributed by atoms with van der Waals surface area (Å²) in [6.07, 6.45) is 4.37. The van der Waals surface area contributed by atoms with Gasteiger partial charge >= 0.3 is 0 Å². The first-order chi connectivity index (χ1) is 12.5. The van der Waals surface area contributed by atoms with Crippen molar-refractivity contribution < 1.29 is 9.59 Å². The van der Waals surface area contributed by atoms with Crippen LogP contribution in [0, 0.1) is 0 Å². The molecule has 2 amide bonds. The zero-order valence-electron chi connectivity index (χ0n) is 14.9. The fourth-order valence-corrected chi connectivity index (χ4v) is 5.08. The second-order valence-electron chi connectivity index (χ2n) is 6.30. The van der Waals surface area contributed by atoms with Crippen molar-refractivity contribution in [3.8, 4) is 0 Å². The van der Waals surface area contributed by atoms with Gasteiger partial charge in [-0.1, -0.05) is 66.1 Å². The van der Waals surface area contributed by atoms with E-state index in [2.05, 4.69) is 22.9 Å². The summed E-state index contributed by atoms with van der Waals surface area (Å²) in [6.45, 7) is 5.24. The summed E-state index contributed by atoms with van der Waals surface area (Å²) < 4.78 is 1.41. The van der Waals surface area contributed by atoms with Gasteiger partial charge in [0.1, 0.15) is 4.32 Å². The van der Waals surface area contributed by atoms with E-state index in [4.69, 9.17) is 12.2 Å². The molecule has 1 saturated heterocycles. The third-order valence-electron chi connectivity index (χ3n) is 4.61. The van der Waals surface area contributed by atoms with Crippen LogP contribution in [0.5, 0.6) is 0 Å². The van der Waals surface area contributed by atoms with Crippen molar-refractivity contribution in [2.45, 2.75) is 39.5 Å². The SMILES string of the molecule is CCCCCCN1C(=O)C(=C2SC(=S)N(CC)C2=O)c2cc(Br)ccc21. The number of carbonyl (C=O) groups excluding carboxylic acids is 2. The number of hydrogen-bond acceptors (Lipinski definition) is 4. The van der Waals surface area contributed by atoms with Crippen molar-refractivity contribution in [1.29, 1.82) is 0 Å². The van der Waals surface area contributed by atoms with Crippen LogP contribution >= 0.6 is 39.9 Å². The average molecular weight is 453 g/mol. The van der Waals surface area contributed by atoms with Crippen LogP contribution in [0.3, 0.4) is 0 Å². The molecule has 0 aromatic heterocycles. The lowest BCUT2D eigenvalue weighted by Crippen LogP contribution is -2.29. The molecule has 0 unspecified atom stereocenters. The molecule has 1 aromatic rings. The molecule has 0 bridgehead atoms. The molecule has 1 fully saturated rings. The molecule has 0 saturated carbocycles. The Labute approximate surface area is 172 Å². The molecule has 2 aliphatic heterocycles. The molecule has 0 radical (unpaired) electrons. The molecule has 3 rings (SSSR count). The summed E-state index contributed by atoms with van der Waals surface area (Å²) in [4.78, 5) is 29.8. The molecular weight excluding hydrogens is 432 g/mol. The minimum Gasteiger partial charge on any atom is -0.308 e. The minimum atomic E-state index is -0.162. The lowest BCUT2D eigenvalue weighted by molar-refractivity contribution is -0.122. The van der Waals surface area contributed by atoms with Gasteiger partial charge in [0.2, 0.25) is 0 Å². The van der Waals surface area contributed by atoms with Gasteiger partial charge in [0.05, 0.1) is 16.2 Å². The van der Waals surface area contributed by atoms with Crippen LogP contribution in [0.4, 0.5) is 5.69 Å². The van der Waals surface area contributed by atoms with Crippen LogP contribution in [-0.2, 0) is 9.59 Å². The molecule has 2 heterocycles. The van der Waals surface area contributed by atoms with E-state index in [1.165, 1.54) is 11.8 Å². The third-order valence-corrected chi connectivity index (χ3v) is 6.55. The normalized spacial score (nSPS) is 19.7. The highest BCUT2D eigenvalue weighted by molar-refractivity contribution is 9.10. The number of hydrogen-bond donors (Lipinski definition) is 0. The minimum absolute atomic E-state index is 0.0915. The number of nitrogens with zero attached hydrogens (tertiary/aromatic N) is 2. The molecule has 26 heavy (non-hydrogen) atoms. The van der Waals surface area contributed by atoms with Gasteiger partial charge in [-0.3, -0.25) is 14.5 Å². The molecule has 0 spiro atoms. The Morgan fingerprint density at radius 2 is 1.85 bits per heavy atom. The van der Waals surface area contributed by atoms with E-state index in [0.29, 0.717) is 27.9 Å². The molecule has 0 aliphatic carbocycles. The molecular formula is C19H21BrN2O2S2. The number of thioether (sulfide) groups is 1. The molecule has 0 atom stereocenters. The van der Waals surface area contributed by atoms with Crippen LogP contribution in [0.2, 0.25) is 0 Å². The Bertz CT molecular complexity index is 807. The number of anilines is 1. The summed E-state index contributed by atoms with van der Waals surface area (Å²) in [5, 5.41) is 0. The smallest absolute Gasteiger partial charge is 0.266 e. The summed E-state index contributed by atoms with van der Waals surface area (Å²) in [5.41, 5.74) is 2.19. The Balaban J connectivity index is 2.01. The summed E-state index contributed by atoms with van der Waals surface area (Å²) in [7, 11) is 0. The Hall–Kier alpha value is -1.18. The highest BCUT2D eigenvalue weighted by Crippen LogP contribution is 2.45. The number of thiocarbonyl (C=S) groups is 1. The highest BCUT2D eigenvalue weighted by Gasteiger charge is 2.41. The van der Waals surface area contributed by atoms with E-state index < -0.39 is 0 Å². The van der Waals surface area contributed by atoms with Crippen molar-refractivity contribution in [3.05, 3.63) is 33.1 Å². The molecule has 4 nitrogen and oxygen atoms in total. The van der Waals surface area contributed by atoms with Crippen molar-refractivity contribution in [2.75, 3.05) is 18.0 Å². The van der Waals surface area contributed by atoms with Crippen molar-refractivity contribution in [1.82, 2.24) is 4.90 Å². The first-order valence-corrected chi connectivity index (χ1v) is 10.9. The standard InChI is InChI=1S/C19H21BrN2O2S2/c1-3-5-6-7-10-22-14-9-8-12(20)11-13(14)15(17(22)23)16-18(24)21(4-2)19(25)26-16/h8-9,11H,3-7,10H2,1-2H3. The molecule has 138 valence electrons. The predicted octanol–water partition coefficient (Wildman–Crippen LogP) is 4.97. The number of fused-ring (bicyclic) bond motifs is 1. The number of benzene rings is 1. The number of carbonyl (C=O) groups is 2. The van der Waals surface area contributed by atoms with E-state index in [1.54, 1.807) is 4.90 Å². The maximum Gasteiger partial charge on any atom is 0.266 e. The second kappa shape index (κ2) is 8.23. The van der Waals surface area contributed by atoms with Crippen LogP contribution in [0.25, 0.3) is 5.57 Å². The first-order valence-electron chi connectivity index (χ1n) is 8.89. The van der Waals surface area contributed by atoms with Gasteiger partial charge in [0.15, 0.2) is 0 Å². The zero-order chi connectivity index (χ0) is 18.8. The number of amides is 2. The largest absolute Gasteiger partial charge is 0.308 e. The quantitative estimate of drug-likeness (QED) is 0.347. The Morgan fingerprint density at radius 3 is 2.50 bits per heavy atom. The zero-order valence-corrected chi connectivity index (χ0v) is 18.1. The van der Waals surface area contributed by atoms with Gasteiger partial charge in [-0.05, 0) is 31.5 Å². The molecule has 7 heteroatoms. The summed E-state index contributed by atoms with van der Waals surface area (Å²) in [6, 6.07) is 5.81. The van der Waals surface area contributed by atoms with E-state index in [9.17, 15) is 9.59 Å². The lowest BCUT2D eigenvalue weighted by Gasteiger charge is -2.17. The van der Waals surface area contributed by atoms with E-state index >= 15 is 0 Å². The van der Waals surface area contributed by atoms with Crippen LogP contribution in [-0.4, -0.2) is 34.1 Å². The Kier molecular flexibility index (Phi) is 6.20. The predicted molar refractivity (Wildman–Crippen MR) is 115 cm³/mol. The maximum absolute atomic E-state index is 13.2. The number of likely N-dealkylation sites (N-methyl/N-ethyl adjacent to an activating group) is 1. The van der Waals surface area contributed by atoms with Crippen molar-refractivity contribution >= 4 is 67.3 Å². The van der Waals surface area contributed by atoms with Crippen LogP contribution < -0.4 is 4.90 Å². The maximum atomic E-state index is 13.2. The van der Waals surface area contributed by atoms with E-state index in [0.717, 1.165) is 41.4 Å². The highest BCUT2D eigenvalue weighted by atomic mass is 79.9. The second-order valence-corrected chi connectivity index (χ2v) is 8.86. The van der Waals surface area contributed by atoms with E-state index in [1.807, 2.05) is 30.0 Å². The van der Waals surface area contributed by atoms with Gasteiger partial charge in [0, 0.05) is 23.1 Å². The van der Waals surface area contributed by atoms with Crippen LogP contribution in [0.15, 0.2) is 27.6 Å². The van der Waals surface area contributed by atoms with Gasteiger partial charge in [-0.25, -0.2) is 0 Å². The Morgan fingerprint density at radius 1 is 1.08 bits per heavy atom. The van der Waals surface area contributed by atoms with Gasteiger partial charge < -0.3 is 4.90 Å². The monoisotopic (exact) mass is 452 g/mol. The van der Waals surface area contributed by atoms with Gasteiger partial charge in [0.25, 0.3) is 11.8 Å². The van der Waals surface area contributed by atoms with Crippen molar-refractivity contribution in [2.24, 2.45) is 0 Å². The number of unbranched alkanes of at least 4 members (excludes halogenated alkanes) is 3. The fourth-order valence-electron chi connectivity index (χ4n) is 3.26. The van der Waals surface area contributed by atoms with Gasteiger partial charge in [-0.15, -0.1) is 0 Å². The summed E-state index contributed by atoms with van der Waals surface area (Å²) >= 11 is 10.0. The number of halogens is 1. The van der Waals surface area contributed by atoms with Crippen LogP contribution in [0.1, 0.15) is 45.1 Å². The summed E-state index contributed by atoms with van der Waals surface area (Å²) in [5.74, 6) is -0.254. The topological polar surface area (TPSA) is 40.6 Å². The average Bonchev–Trinajstić information content (AvgIpc) is 3.04. The van der Waals surface area contributed by atoms with Gasteiger partial charge in [-0.2, -0.15) is 0 Å². The molecule has 1 aromatic carbocycles. The first kappa shape index (κ1) is 19.6. The third kappa shape index (κ3) is 3.49. The van der Waals surface area contributed by atoms with E-state index in [-0.39, 0.29) is 11.8 Å². The van der Waals surface area contributed by atoms with Crippen molar-refractivity contribution in [3.63, 3.8) is 0 Å². The number of rotatable bonds is 6. The molecule has 2 aliphatic rings. The molecule has 0 N–H and O–H groups in total. The fraction of sp³-hybridized carbons (Fsp3) is 0.421. The lowest BCUT2D eigenvalue weighted by atomic mass is 10.1.